The fourth-order valence-corrected chi connectivity index (χ4v) is 4.55. The molecule has 200 valence electrons. The van der Waals surface area contributed by atoms with Crippen LogP contribution in [0.2, 0.25) is 0 Å². The molecule has 14 heteroatoms. The SMILES string of the molecule is O=C(N[C@@H](c1ccc(F)cc1)c1ccc(C2CC2)c(F)n1)[C@@H]1C[C@@H](F)CN1C(=O)Cn1nnnc1C(F)F. The molecule has 2 aliphatic rings. The highest BCUT2D eigenvalue weighted by Gasteiger charge is 2.41. The van der Waals surface area contributed by atoms with Crippen LogP contribution in [0, 0.1) is 11.8 Å². The maximum Gasteiger partial charge on any atom is 0.298 e. The number of alkyl halides is 3. The number of benzene rings is 1. The van der Waals surface area contributed by atoms with E-state index in [1.807, 2.05) is 0 Å². The van der Waals surface area contributed by atoms with Gasteiger partial charge in [-0.3, -0.25) is 9.59 Å². The first-order valence-electron chi connectivity index (χ1n) is 11.9. The Bertz CT molecular complexity index is 1330. The molecule has 0 spiro atoms. The number of hydrogen-bond donors (Lipinski definition) is 1. The minimum atomic E-state index is -3.04. The van der Waals surface area contributed by atoms with E-state index in [9.17, 15) is 31.5 Å². The first-order valence-corrected chi connectivity index (χ1v) is 11.9. The quantitative estimate of drug-likeness (QED) is 0.351. The molecule has 0 bridgehead atoms. The molecule has 1 aliphatic carbocycles. The van der Waals surface area contributed by atoms with Crippen LogP contribution in [-0.2, 0) is 16.1 Å². The molecular formula is C24H22F5N7O2. The summed E-state index contributed by atoms with van der Waals surface area (Å²) in [6.07, 6.45) is -3.21. The normalized spacial score (nSPS) is 20.1. The van der Waals surface area contributed by atoms with E-state index in [4.69, 9.17) is 0 Å². The van der Waals surface area contributed by atoms with Gasteiger partial charge in [0.2, 0.25) is 23.6 Å². The molecule has 0 radical (unpaired) electrons. The van der Waals surface area contributed by atoms with E-state index < -0.39 is 67.2 Å². The van der Waals surface area contributed by atoms with E-state index in [0.29, 0.717) is 15.8 Å². The number of hydrogen-bond acceptors (Lipinski definition) is 6. The smallest absolute Gasteiger partial charge is 0.298 e. The van der Waals surface area contributed by atoms with E-state index >= 15 is 0 Å². The minimum absolute atomic E-state index is 0.0979. The van der Waals surface area contributed by atoms with Gasteiger partial charge in [0.1, 0.15) is 24.6 Å². The number of nitrogens with zero attached hydrogens (tertiary/aromatic N) is 6. The van der Waals surface area contributed by atoms with E-state index in [1.54, 1.807) is 12.1 Å². The summed E-state index contributed by atoms with van der Waals surface area (Å²) < 4.78 is 69.5. The molecule has 0 unspecified atom stereocenters. The zero-order valence-electron chi connectivity index (χ0n) is 19.8. The Hall–Kier alpha value is -3.97. The molecule has 9 nitrogen and oxygen atoms in total. The average molecular weight is 535 g/mol. The molecular weight excluding hydrogens is 513 g/mol. The van der Waals surface area contributed by atoms with Crippen molar-refractivity contribution in [2.75, 3.05) is 6.54 Å². The van der Waals surface area contributed by atoms with Gasteiger partial charge in [0, 0.05) is 12.0 Å². The van der Waals surface area contributed by atoms with Crippen molar-refractivity contribution < 1.29 is 31.5 Å². The number of pyridine rings is 1. The van der Waals surface area contributed by atoms with Crippen LogP contribution in [0.4, 0.5) is 22.0 Å². The maximum atomic E-state index is 14.8. The highest BCUT2D eigenvalue weighted by Crippen LogP contribution is 2.41. The second-order valence-corrected chi connectivity index (χ2v) is 9.27. The number of halogens is 5. The summed E-state index contributed by atoms with van der Waals surface area (Å²) in [6, 6.07) is 5.95. The van der Waals surface area contributed by atoms with Crippen molar-refractivity contribution in [2.45, 2.75) is 56.4 Å². The van der Waals surface area contributed by atoms with Gasteiger partial charge in [-0.1, -0.05) is 18.2 Å². The van der Waals surface area contributed by atoms with Gasteiger partial charge in [-0.2, -0.15) is 4.39 Å². The number of likely N-dealkylation sites (tertiary alicyclic amines) is 1. The van der Waals surface area contributed by atoms with Gasteiger partial charge in [0.05, 0.1) is 18.3 Å². The number of amides is 2. The van der Waals surface area contributed by atoms with E-state index in [1.165, 1.54) is 24.3 Å². The van der Waals surface area contributed by atoms with Crippen LogP contribution in [0.5, 0.6) is 0 Å². The molecule has 5 rings (SSSR count). The minimum Gasteiger partial charge on any atom is -0.342 e. The second-order valence-electron chi connectivity index (χ2n) is 9.27. The van der Waals surface area contributed by atoms with Crippen molar-refractivity contribution in [2.24, 2.45) is 0 Å². The monoisotopic (exact) mass is 535 g/mol. The summed E-state index contributed by atoms with van der Waals surface area (Å²) in [6.45, 7) is -1.16. The largest absolute Gasteiger partial charge is 0.342 e. The Morgan fingerprint density at radius 1 is 1.08 bits per heavy atom. The molecule has 3 aromatic rings. The van der Waals surface area contributed by atoms with Crippen LogP contribution in [0.15, 0.2) is 36.4 Å². The third-order valence-electron chi connectivity index (χ3n) is 6.61. The standard InChI is InChI=1S/C24H22F5N7O2/c25-14-5-3-13(4-6-14)20(17-8-7-16(12-1-2-12)22(29)30-17)31-24(38)18-9-15(26)10-35(18)19(37)11-36-23(21(27)28)32-33-34-36/h3-8,12,15,18,20-21H,1-2,9-11H2,(H,31,38)/t15-,18+,20+/m1/s1. The Labute approximate surface area is 213 Å². The molecule has 3 atom stereocenters. The second kappa shape index (κ2) is 10.4. The van der Waals surface area contributed by atoms with Crippen molar-refractivity contribution in [3.63, 3.8) is 0 Å². The van der Waals surface area contributed by atoms with Gasteiger partial charge in [-0.25, -0.2) is 27.2 Å². The summed E-state index contributed by atoms with van der Waals surface area (Å²) in [7, 11) is 0. The average Bonchev–Trinajstić information content (AvgIpc) is 3.48. The summed E-state index contributed by atoms with van der Waals surface area (Å²) in [5.74, 6) is -3.55. The number of tetrazole rings is 1. The van der Waals surface area contributed by atoms with Crippen LogP contribution < -0.4 is 5.32 Å². The van der Waals surface area contributed by atoms with Gasteiger partial charge in [0.25, 0.3) is 6.43 Å². The molecule has 2 fully saturated rings. The van der Waals surface area contributed by atoms with Crippen molar-refractivity contribution in [3.05, 3.63) is 70.8 Å². The zero-order valence-corrected chi connectivity index (χ0v) is 19.8. The highest BCUT2D eigenvalue weighted by atomic mass is 19.3. The zero-order chi connectivity index (χ0) is 27.0. The van der Waals surface area contributed by atoms with E-state index in [-0.39, 0.29) is 18.0 Å². The number of carbonyl (C=O) groups excluding carboxylic acids is 2. The highest BCUT2D eigenvalue weighted by molar-refractivity contribution is 5.88. The lowest BCUT2D eigenvalue weighted by atomic mass is 10.0. The number of nitrogens with one attached hydrogen (secondary N) is 1. The molecule has 2 amide bonds. The van der Waals surface area contributed by atoms with Gasteiger partial charge >= 0.3 is 0 Å². The Kier molecular flexibility index (Phi) is 7.04. The number of rotatable bonds is 8. The third kappa shape index (κ3) is 5.34. The molecule has 1 saturated heterocycles. The Balaban J connectivity index is 1.39. The lowest BCUT2D eigenvalue weighted by Gasteiger charge is -2.26. The molecule has 38 heavy (non-hydrogen) atoms. The van der Waals surface area contributed by atoms with Crippen LogP contribution in [0.1, 0.15) is 60.3 Å². The van der Waals surface area contributed by atoms with Crippen LogP contribution in [0.25, 0.3) is 0 Å². The molecule has 1 aromatic carbocycles. The molecule has 2 aromatic heterocycles. The van der Waals surface area contributed by atoms with Gasteiger partial charge in [0.15, 0.2) is 0 Å². The number of aromatic nitrogens is 5. The maximum absolute atomic E-state index is 14.8. The lowest BCUT2D eigenvalue weighted by Crippen LogP contribution is -2.48. The predicted octanol–water partition coefficient (Wildman–Crippen LogP) is 3.01. The van der Waals surface area contributed by atoms with Crippen LogP contribution in [-0.4, -0.2) is 60.7 Å². The van der Waals surface area contributed by atoms with Gasteiger partial charge < -0.3 is 10.2 Å². The molecule has 1 aliphatic heterocycles. The van der Waals surface area contributed by atoms with E-state index in [2.05, 4.69) is 25.8 Å². The summed E-state index contributed by atoms with van der Waals surface area (Å²) >= 11 is 0. The first kappa shape index (κ1) is 25.7. The molecule has 1 N–H and O–H groups in total. The molecule has 3 heterocycles. The summed E-state index contributed by atoms with van der Waals surface area (Å²) in [4.78, 5) is 31.2. The number of carbonyl (C=O) groups is 2. The summed E-state index contributed by atoms with van der Waals surface area (Å²) in [5.41, 5.74) is 0.986. The van der Waals surface area contributed by atoms with Gasteiger partial charge in [-0.05, 0) is 52.9 Å². The van der Waals surface area contributed by atoms with Crippen LogP contribution >= 0.6 is 0 Å². The topological polar surface area (TPSA) is 106 Å². The fourth-order valence-electron chi connectivity index (χ4n) is 4.55. The Morgan fingerprint density at radius 3 is 2.47 bits per heavy atom. The van der Waals surface area contributed by atoms with Crippen molar-refractivity contribution in [1.29, 1.82) is 0 Å². The lowest BCUT2D eigenvalue weighted by molar-refractivity contribution is -0.139. The van der Waals surface area contributed by atoms with Gasteiger partial charge in [-0.15, -0.1) is 5.10 Å². The first-order chi connectivity index (χ1) is 18.2. The van der Waals surface area contributed by atoms with Crippen LogP contribution in [0.3, 0.4) is 0 Å². The van der Waals surface area contributed by atoms with Crippen molar-refractivity contribution in [1.82, 2.24) is 35.4 Å². The van der Waals surface area contributed by atoms with Crippen molar-refractivity contribution in [3.8, 4) is 0 Å². The predicted molar refractivity (Wildman–Crippen MR) is 120 cm³/mol. The molecule has 1 saturated carbocycles. The summed E-state index contributed by atoms with van der Waals surface area (Å²) in [5, 5.41) is 12.3. The van der Waals surface area contributed by atoms with Crippen molar-refractivity contribution >= 4 is 11.8 Å². The fraction of sp³-hybridized carbons (Fsp3) is 0.417. The van der Waals surface area contributed by atoms with E-state index in [0.717, 1.165) is 17.7 Å². The Morgan fingerprint density at radius 2 is 1.82 bits per heavy atom. The third-order valence-corrected chi connectivity index (χ3v) is 6.61.